The minimum absolute atomic E-state index is 0.00149. The summed E-state index contributed by atoms with van der Waals surface area (Å²) in [6.07, 6.45) is 4.43. The zero-order valence-electron chi connectivity index (χ0n) is 23.1. The highest BCUT2D eigenvalue weighted by Crippen LogP contribution is 2.68. The number of hydrogen-bond donors (Lipinski definition) is 1. The van der Waals surface area contributed by atoms with Gasteiger partial charge in [-0.1, -0.05) is 58.4 Å². The summed E-state index contributed by atoms with van der Waals surface area (Å²) in [5.41, 5.74) is 0.529. The predicted octanol–water partition coefficient (Wildman–Crippen LogP) is 3.86. The first-order valence-corrected chi connectivity index (χ1v) is 15.4. The maximum Gasteiger partial charge on any atom is 0.247 e. The summed E-state index contributed by atoms with van der Waals surface area (Å²) in [5.74, 6) is -1.50. The van der Waals surface area contributed by atoms with Gasteiger partial charge in [0.1, 0.15) is 6.04 Å². The summed E-state index contributed by atoms with van der Waals surface area (Å²) < 4.78 is -0.722. The van der Waals surface area contributed by atoms with Crippen LogP contribution in [0.25, 0.3) is 0 Å². The molecule has 3 heterocycles. The SMILES string of the molecule is C=CCN(Cc1ccccc1)C(=O)[C@H]1[C@@H]2SC3(CC2Br)C(C(=O)N(CC=C)C(C)(C)C)N(CCCO)C(=O)[C@H]13. The molecule has 3 aliphatic rings. The topological polar surface area (TPSA) is 81.2 Å². The summed E-state index contributed by atoms with van der Waals surface area (Å²) in [6.45, 7) is 15.0. The second-order valence-electron chi connectivity index (χ2n) is 11.7. The molecule has 39 heavy (non-hydrogen) atoms. The van der Waals surface area contributed by atoms with Crippen LogP contribution in [0.2, 0.25) is 0 Å². The van der Waals surface area contributed by atoms with E-state index in [4.69, 9.17) is 0 Å². The highest BCUT2D eigenvalue weighted by molar-refractivity contribution is 9.09. The van der Waals surface area contributed by atoms with E-state index in [1.54, 1.807) is 38.6 Å². The van der Waals surface area contributed by atoms with Crippen molar-refractivity contribution in [1.29, 1.82) is 0 Å². The van der Waals surface area contributed by atoms with Crippen molar-refractivity contribution < 1.29 is 19.5 Å². The first kappa shape index (κ1) is 29.9. The summed E-state index contributed by atoms with van der Waals surface area (Å²) in [7, 11) is 0. The predicted molar refractivity (Wildman–Crippen MR) is 159 cm³/mol. The van der Waals surface area contributed by atoms with Gasteiger partial charge in [-0.3, -0.25) is 14.4 Å². The molecule has 0 saturated carbocycles. The monoisotopic (exact) mass is 617 g/mol. The Morgan fingerprint density at radius 2 is 1.85 bits per heavy atom. The Bertz CT molecular complexity index is 1110. The molecule has 4 rings (SSSR count). The van der Waals surface area contributed by atoms with Crippen molar-refractivity contribution in [3.8, 4) is 0 Å². The lowest BCUT2D eigenvalue weighted by Crippen LogP contribution is -2.59. The van der Waals surface area contributed by atoms with Crippen LogP contribution >= 0.6 is 27.7 Å². The van der Waals surface area contributed by atoms with Gasteiger partial charge in [0.2, 0.25) is 17.7 Å². The maximum absolute atomic E-state index is 14.4. The van der Waals surface area contributed by atoms with Crippen LogP contribution in [0.1, 0.15) is 39.2 Å². The number of carbonyl (C=O) groups excluding carboxylic acids is 3. The highest BCUT2D eigenvalue weighted by Gasteiger charge is 2.76. The molecular weight excluding hydrogens is 578 g/mol. The van der Waals surface area contributed by atoms with Gasteiger partial charge in [0.15, 0.2) is 0 Å². The van der Waals surface area contributed by atoms with Crippen LogP contribution in [0.5, 0.6) is 0 Å². The van der Waals surface area contributed by atoms with Crippen molar-refractivity contribution in [3.63, 3.8) is 0 Å². The Morgan fingerprint density at radius 1 is 1.18 bits per heavy atom. The van der Waals surface area contributed by atoms with Gasteiger partial charge in [-0.15, -0.1) is 24.9 Å². The molecule has 1 aromatic rings. The van der Waals surface area contributed by atoms with Crippen molar-refractivity contribution in [1.82, 2.24) is 14.7 Å². The van der Waals surface area contributed by atoms with Crippen LogP contribution < -0.4 is 0 Å². The second kappa shape index (κ2) is 11.8. The molecule has 3 amide bonds. The number of nitrogens with zero attached hydrogens (tertiary/aromatic N) is 3. The van der Waals surface area contributed by atoms with Gasteiger partial charge < -0.3 is 19.8 Å². The number of aliphatic hydroxyl groups excluding tert-OH is 1. The summed E-state index contributed by atoms with van der Waals surface area (Å²) in [6, 6.07) is 9.10. The number of rotatable bonds is 11. The fourth-order valence-electron chi connectivity index (χ4n) is 6.55. The maximum atomic E-state index is 14.4. The van der Waals surface area contributed by atoms with Crippen LogP contribution in [0.4, 0.5) is 0 Å². The van der Waals surface area contributed by atoms with Crippen LogP contribution in [0.3, 0.4) is 0 Å². The fraction of sp³-hybridized carbons (Fsp3) is 0.567. The van der Waals surface area contributed by atoms with Gasteiger partial charge in [0.05, 0.1) is 16.6 Å². The quantitative estimate of drug-likeness (QED) is 0.301. The minimum atomic E-state index is -0.722. The van der Waals surface area contributed by atoms with Crippen molar-refractivity contribution in [2.75, 3.05) is 26.2 Å². The Kier molecular flexibility index (Phi) is 9.03. The first-order valence-electron chi connectivity index (χ1n) is 13.6. The molecule has 0 aliphatic carbocycles. The molecule has 0 radical (unpaired) electrons. The van der Waals surface area contributed by atoms with E-state index in [-0.39, 0.29) is 41.0 Å². The van der Waals surface area contributed by atoms with E-state index in [9.17, 15) is 19.5 Å². The molecular formula is C30H40BrN3O4S. The smallest absolute Gasteiger partial charge is 0.247 e. The average Bonchev–Trinajstić information content (AvgIpc) is 3.48. The number of hydrogen-bond acceptors (Lipinski definition) is 5. The zero-order valence-corrected chi connectivity index (χ0v) is 25.5. The molecule has 3 unspecified atom stereocenters. The molecule has 6 atom stereocenters. The lowest BCUT2D eigenvalue weighted by Gasteiger charge is -2.42. The van der Waals surface area contributed by atoms with Crippen LogP contribution in [-0.2, 0) is 20.9 Å². The van der Waals surface area contributed by atoms with Crippen LogP contribution in [-0.4, -0.2) is 90.2 Å². The third-order valence-corrected chi connectivity index (χ3v) is 11.4. The molecule has 3 aliphatic heterocycles. The van der Waals surface area contributed by atoms with Crippen LogP contribution in [0, 0.1) is 11.8 Å². The Hall–Kier alpha value is -2.10. The third kappa shape index (κ3) is 5.34. The normalized spacial score (nSPS) is 29.3. The molecule has 3 fully saturated rings. The molecule has 9 heteroatoms. The Balaban J connectivity index is 1.75. The highest BCUT2D eigenvalue weighted by atomic mass is 79.9. The number of amides is 3. The zero-order chi connectivity index (χ0) is 28.5. The minimum Gasteiger partial charge on any atom is -0.396 e. The number of benzene rings is 1. The molecule has 1 spiro atoms. The van der Waals surface area contributed by atoms with Gasteiger partial charge in [0.25, 0.3) is 0 Å². The number of fused-ring (bicyclic) bond motifs is 1. The number of aliphatic hydroxyl groups is 1. The van der Waals surface area contributed by atoms with Gasteiger partial charge in [-0.25, -0.2) is 0 Å². The Morgan fingerprint density at radius 3 is 2.44 bits per heavy atom. The average molecular weight is 619 g/mol. The van der Waals surface area contributed by atoms with Gasteiger partial charge >= 0.3 is 0 Å². The second-order valence-corrected chi connectivity index (χ2v) is 14.4. The number of thioether (sulfide) groups is 1. The van der Waals surface area contributed by atoms with E-state index >= 15 is 0 Å². The standard InChI is InChI=1S/C30H40BrN3O4S/c1-6-14-32(19-20-12-9-8-10-13-20)26(36)22-23-27(37)33(16-11-17-35)25(30(23)18-21(31)24(22)39-30)28(38)34(15-7-2)29(3,4)5/h6-10,12-13,21-25,35H,1-2,11,14-19H2,3-5H3/t21?,22-,23+,24-,25?,30?/m1/s1. The number of likely N-dealkylation sites (tertiary alicyclic amines) is 1. The van der Waals surface area contributed by atoms with Crippen molar-refractivity contribution in [3.05, 3.63) is 61.2 Å². The summed E-state index contributed by atoms with van der Waals surface area (Å²) >= 11 is 5.48. The molecule has 7 nitrogen and oxygen atoms in total. The van der Waals surface area contributed by atoms with Crippen LogP contribution in [0.15, 0.2) is 55.6 Å². The molecule has 1 N–H and O–H groups in total. The van der Waals surface area contributed by atoms with E-state index < -0.39 is 28.2 Å². The Labute approximate surface area is 244 Å². The van der Waals surface area contributed by atoms with Gasteiger partial charge in [0, 0.05) is 48.4 Å². The van der Waals surface area contributed by atoms with Gasteiger partial charge in [-0.05, 0) is 39.2 Å². The van der Waals surface area contributed by atoms with E-state index in [1.807, 2.05) is 51.1 Å². The molecule has 1 aromatic carbocycles. The largest absolute Gasteiger partial charge is 0.396 e. The fourth-order valence-corrected chi connectivity index (χ4v) is 10.1. The summed E-state index contributed by atoms with van der Waals surface area (Å²) in [4.78, 5) is 48.1. The number of carbonyl (C=O) groups is 3. The molecule has 2 bridgehead atoms. The molecule has 3 saturated heterocycles. The lowest BCUT2D eigenvalue weighted by molar-refractivity contribution is -0.146. The van der Waals surface area contributed by atoms with E-state index in [0.29, 0.717) is 32.5 Å². The first-order chi connectivity index (χ1) is 18.5. The van der Waals surface area contributed by atoms with Crippen molar-refractivity contribution >= 4 is 45.4 Å². The molecule has 212 valence electrons. The van der Waals surface area contributed by atoms with E-state index in [2.05, 4.69) is 29.1 Å². The summed E-state index contributed by atoms with van der Waals surface area (Å²) in [5, 5.41) is 9.50. The van der Waals surface area contributed by atoms with Gasteiger partial charge in [-0.2, -0.15) is 0 Å². The van der Waals surface area contributed by atoms with Crippen molar-refractivity contribution in [2.45, 2.75) is 66.6 Å². The third-order valence-electron chi connectivity index (χ3n) is 8.13. The van der Waals surface area contributed by atoms with E-state index in [0.717, 1.165) is 5.56 Å². The molecule has 0 aromatic heterocycles. The lowest BCUT2D eigenvalue weighted by atomic mass is 9.70. The van der Waals surface area contributed by atoms with E-state index in [1.165, 1.54) is 0 Å². The van der Waals surface area contributed by atoms with Crippen molar-refractivity contribution in [2.24, 2.45) is 11.8 Å². The number of halogens is 1. The number of alkyl halides is 1.